The lowest BCUT2D eigenvalue weighted by molar-refractivity contribution is -0.120. The van der Waals surface area contributed by atoms with E-state index < -0.39 is 12.1 Å². The van der Waals surface area contributed by atoms with E-state index in [1.54, 1.807) is 11.0 Å². The second kappa shape index (κ2) is 9.29. The Kier molecular flexibility index (Phi) is 6.15. The average molecular weight is 522 g/mol. The van der Waals surface area contributed by atoms with Crippen molar-refractivity contribution in [3.63, 3.8) is 0 Å². The summed E-state index contributed by atoms with van der Waals surface area (Å²) in [5, 5.41) is 5.82. The SMILES string of the molecule is CC(=O)Nc1cc2c3c(c1)C(c1ccccc1)=N[C@@H](NC(=O)c1cc(Cl)c(N)c(Cl)c1)C(=O)N3CC2. The fourth-order valence-corrected chi connectivity index (χ4v) is 4.96. The number of aliphatic imine (C=N–C) groups is 1. The van der Waals surface area contributed by atoms with Crippen LogP contribution in [0.3, 0.4) is 0 Å². The van der Waals surface area contributed by atoms with E-state index in [1.807, 2.05) is 36.4 Å². The molecule has 182 valence electrons. The normalized spacial score (nSPS) is 16.2. The van der Waals surface area contributed by atoms with Gasteiger partial charge in [0, 0.05) is 35.8 Å². The maximum Gasteiger partial charge on any atom is 0.272 e. The zero-order valence-corrected chi connectivity index (χ0v) is 20.7. The number of nitrogens with one attached hydrogen (secondary N) is 2. The minimum absolute atomic E-state index is 0.135. The third-order valence-corrected chi connectivity index (χ3v) is 6.68. The topological polar surface area (TPSA) is 117 Å². The maximum atomic E-state index is 13.6. The molecule has 2 aliphatic heterocycles. The molecule has 2 aliphatic rings. The van der Waals surface area contributed by atoms with Crippen LogP contribution < -0.4 is 21.3 Å². The molecule has 4 N–H and O–H groups in total. The summed E-state index contributed by atoms with van der Waals surface area (Å²) in [6.45, 7) is 1.86. The molecule has 2 heterocycles. The van der Waals surface area contributed by atoms with Gasteiger partial charge in [0.25, 0.3) is 11.8 Å². The molecule has 8 nitrogen and oxygen atoms in total. The van der Waals surface area contributed by atoms with Crippen molar-refractivity contribution in [2.75, 3.05) is 22.5 Å². The first-order valence-electron chi connectivity index (χ1n) is 11.2. The molecule has 36 heavy (non-hydrogen) atoms. The largest absolute Gasteiger partial charge is 0.396 e. The number of carbonyl (C=O) groups is 3. The Balaban J connectivity index is 1.62. The Hall–Kier alpha value is -3.88. The van der Waals surface area contributed by atoms with Gasteiger partial charge in [-0.3, -0.25) is 14.4 Å². The van der Waals surface area contributed by atoms with Crippen molar-refractivity contribution >= 4 is 63.7 Å². The lowest BCUT2D eigenvalue weighted by Crippen LogP contribution is -2.47. The highest BCUT2D eigenvalue weighted by Crippen LogP contribution is 2.38. The van der Waals surface area contributed by atoms with E-state index in [2.05, 4.69) is 10.6 Å². The fourth-order valence-electron chi connectivity index (χ4n) is 4.47. The summed E-state index contributed by atoms with van der Waals surface area (Å²) < 4.78 is 0. The third-order valence-electron chi connectivity index (χ3n) is 6.05. The molecule has 10 heteroatoms. The lowest BCUT2D eigenvalue weighted by Gasteiger charge is -2.21. The van der Waals surface area contributed by atoms with Crippen LogP contribution in [-0.4, -0.2) is 36.1 Å². The van der Waals surface area contributed by atoms with Gasteiger partial charge in [-0.1, -0.05) is 53.5 Å². The van der Waals surface area contributed by atoms with E-state index in [0.717, 1.165) is 16.8 Å². The molecule has 0 unspecified atom stereocenters. The monoisotopic (exact) mass is 521 g/mol. The van der Waals surface area contributed by atoms with E-state index in [9.17, 15) is 14.4 Å². The van der Waals surface area contributed by atoms with Crippen LogP contribution in [0.2, 0.25) is 10.0 Å². The van der Waals surface area contributed by atoms with Gasteiger partial charge in [0.2, 0.25) is 12.1 Å². The second-order valence-electron chi connectivity index (χ2n) is 8.53. The standard InChI is InChI=1S/C26H21Cl2N5O3/c1-13(34)30-17-9-15-7-8-33-23(15)18(12-17)22(14-5-3-2-4-6-14)31-24(26(33)36)32-25(35)16-10-19(27)21(29)20(28)11-16/h2-6,9-12,24H,7-8,29H2,1H3,(H,30,34)(H,32,35)/t24-/m0/s1. The summed E-state index contributed by atoms with van der Waals surface area (Å²) in [5.41, 5.74) is 10.3. The van der Waals surface area contributed by atoms with Crippen molar-refractivity contribution in [2.24, 2.45) is 4.99 Å². The number of rotatable bonds is 4. The first-order valence-corrected chi connectivity index (χ1v) is 11.9. The van der Waals surface area contributed by atoms with Crippen molar-refractivity contribution in [1.82, 2.24) is 5.32 Å². The molecule has 0 radical (unpaired) electrons. The molecule has 0 bridgehead atoms. The molecule has 3 amide bonds. The molecule has 0 spiro atoms. The number of hydrogen-bond donors (Lipinski definition) is 3. The van der Waals surface area contributed by atoms with E-state index in [0.29, 0.717) is 29.9 Å². The molecular formula is C26H21Cl2N5O3. The van der Waals surface area contributed by atoms with E-state index in [-0.39, 0.29) is 33.1 Å². The van der Waals surface area contributed by atoms with Crippen LogP contribution in [0.5, 0.6) is 0 Å². The smallest absolute Gasteiger partial charge is 0.272 e. The molecular weight excluding hydrogens is 501 g/mol. The van der Waals surface area contributed by atoms with Gasteiger partial charge in [0.05, 0.1) is 27.1 Å². The number of nitrogens with zero attached hydrogens (tertiary/aromatic N) is 2. The Bertz CT molecular complexity index is 1430. The van der Waals surface area contributed by atoms with Crippen LogP contribution in [0.25, 0.3) is 0 Å². The van der Waals surface area contributed by atoms with Gasteiger partial charge in [-0.05, 0) is 36.2 Å². The van der Waals surface area contributed by atoms with Crippen molar-refractivity contribution in [3.8, 4) is 0 Å². The van der Waals surface area contributed by atoms with Gasteiger partial charge >= 0.3 is 0 Å². The zero-order chi connectivity index (χ0) is 25.6. The van der Waals surface area contributed by atoms with Gasteiger partial charge in [-0.25, -0.2) is 4.99 Å². The number of amides is 3. The molecule has 3 aromatic carbocycles. The minimum Gasteiger partial charge on any atom is -0.396 e. The summed E-state index contributed by atoms with van der Waals surface area (Å²) in [6, 6.07) is 15.8. The van der Waals surface area contributed by atoms with Crippen molar-refractivity contribution < 1.29 is 14.4 Å². The zero-order valence-electron chi connectivity index (χ0n) is 19.1. The highest BCUT2D eigenvalue weighted by Gasteiger charge is 2.37. The van der Waals surface area contributed by atoms with Gasteiger partial charge < -0.3 is 21.3 Å². The Morgan fingerprint density at radius 2 is 1.78 bits per heavy atom. The van der Waals surface area contributed by atoms with Crippen molar-refractivity contribution in [1.29, 1.82) is 0 Å². The number of carbonyl (C=O) groups excluding carboxylic acids is 3. The molecule has 0 aromatic heterocycles. The highest BCUT2D eigenvalue weighted by molar-refractivity contribution is 6.39. The number of halogens is 2. The number of nitrogens with two attached hydrogens (primary N) is 1. The predicted octanol–water partition coefficient (Wildman–Crippen LogP) is 4.03. The highest BCUT2D eigenvalue weighted by atomic mass is 35.5. The number of nitrogen functional groups attached to an aromatic ring is 1. The van der Waals surface area contributed by atoms with Gasteiger partial charge in [0.15, 0.2) is 0 Å². The van der Waals surface area contributed by atoms with Crippen LogP contribution in [0.1, 0.15) is 34.0 Å². The van der Waals surface area contributed by atoms with E-state index >= 15 is 0 Å². The van der Waals surface area contributed by atoms with Crippen LogP contribution in [0, 0.1) is 0 Å². The lowest BCUT2D eigenvalue weighted by atomic mass is 9.97. The van der Waals surface area contributed by atoms with Crippen molar-refractivity contribution in [3.05, 3.63) is 86.9 Å². The molecule has 0 saturated heterocycles. The molecule has 0 fully saturated rings. The fraction of sp³-hybridized carbons (Fsp3) is 0.154. The maximum absolute atomic E-state index is 13.6. The van der Waals surface area contributed by atoms with Crippen LogP contribution >= 0.6 is 23.2 Å². The quantitative estimate of drug-likeness (QED) is 0.449. The van der Waals surface area contributed by atoms with Gasteiger partial charge in [-0.15, -0.1) is 0 Å². The van der Waals surface area contributed by atoms with Crippen molar-refractivity contribution in [2.45, 2.75) is 19.5 Å². The molecule has 3 aromatic rings. The Labute approximate surface area is 217 Å². The molecule has 1 atom stereocenters. The predicted molar refractivity (Wildman–Crippen MR) is 141 cm³/mol. The summed E-state index contributed by atoms with van der Waals surface area (Å²) in [7, 11) is 0. The molecule has 0 aliphatic carbocycles. The second-order valence-corrected chi connectivity index (χ2v) is 9.34. The number of benzene rings is 3. The third kappa shape index (κ3) is 4.29. The van der Waals surface area contributed by atoms with Crippen LogP contribution in [-0.2, 0) is 16.0 Å². The van der Waals surface area contributed by atoms with Gasteiger partial charge in [-0.2, -0.15) is 0 Å². The summed E-state index contributed by atoms with van der Waals surface area (Å²) in [4.78, 5) is 44.9. The van der Waals surface area contributed by atoms with Crippen LogP contribution in [0.4, 0.5) is 17.1 Å². The summed E-state index contributed by atoms with van der Waals surface area (Å²) in [6.07, 6.45) is -0.599. The van der Waals surface area contributed by atoms with Crippen LogP contribution in [0.15, 0.2) is 59.6 Å². The average Bonchev–Trinajstić information content (AvgIpc) is 3.23. The minimum atomic E-state index is -1.20. The van der Waals surface area contributed by atoms with E-state index in [1.165, 1.54) is 19.1 Å². The molecule has 0 saturated carbocycles. The Morgan fingerprint density at radius 1 is 1.08 bits per heavy atom. The Morgan fingerprint density at radius 3 is 2.44 bits per heavy atom. The van der Waals surface area contributed by atoms with Gasteiger partial charge in [0.1, 0.15) is 0 Å². The summed E-state index contributed by atoms with van der Waals surface area (Å²) in [5.74, 6) is -1.14. The first kappa shape index (κ1) is 23.8. The number of anilines is 3. The van der Waals surface area contributed by atoms with E-state index in [4.69, 9.17) is 33.9 Å². The first-order chi connectivity index (χ1) is 17.2. The summed E-state index contributed by atoms with van der Waals surface area (Å²) >= 11 is 12.2. The molecule has 5 rings (SSSR count). The number of hydrogen-bond acceptors (Lipinski definition) is 5.